The molecule has 0 atom stereocenters. The van der Waals surface area contributed by atoms with E-state index in [2.05, 4.69) is 11.3 Å². The van der Waals surface area contributed by atoms with Crippen LogP contribution in [0.15, 0.2) is 11.6 Å². The molecule has 4 heteroatoms. The molecule has 0 rings (SSSR count). The molecule has 0 fully saturated rings. The Kier molecular flexibility index (Phi) is 4.05. The molecule has 0 aliphatic heterocycles. The first kappa shape index (κ1) is 8.43. The zero-order valence-corrected chi connectivity index (χ0v) is 5.45. The van der Waals surface area contributed by atoms with E-state index in [1.165, 1.54) is 0 Å². The highest BCUT2D eigenvalue weighted by atomic mass is 35.5. The van der Waals surface area contributed by atoms with Crippen LogP contribution in [-0.4, -0.2) is 19.3 Å². The molecule has 52 valence electrons. The molecule has 0 aliphatic carbocycles. The van der Waals surface area contributed by atoms with E-state index in [1.54, 1.807) is 0 Å². The van der Waals surface area contributed by atoms with Crippen LogP contribution in [0.5, 0.6) is 0 Å². The van der Waals surface area contributed by atoms with Crippen LogP contribution in [-0.2, 0) is 9.53 Å². The van der Waals surface area contributed by atoms with E-state index in [0.717, 1.165) is 0 Å². The molecule has 0 radical (unpaired) electrons. The van der Waals surface area contributed by atoms with E-state index in [9.17, 15) is 9.18 Å². The van der Waals surface area contributed by atoms with Gasteiger partial charge in [-0.2, -0.15) is 0 Å². The van der Waals surface area contributed by atoms with Crippen LogP contribution in [0.4, 0.5) is 4.39 Å². The van der Waals surface area contributed by atoms with Crippen LogP contribution >= 0.6 is 11.6 Å². The average Bonchev–Trinajstić information content (AvgIpc) is 1.82. The summed E-state index contributed by atoms with van der Waals surface area (Å²) in [7, 11) is 0. The Morgan fingerprint density at radius 3 is 2.67 bits per heavy atom. The normalized spacial score (nSPS) is 8.67. The number of carbonyl (C=O) groups is 1. The van der Waals surface area contributed by atoms with Crippen LogP contribution in [0, 0.1) is 0 Å². The van der Waals surface area contributed by atoms with Gasteiger partial charge in [-0.3, -0.25) is 0 Å². The monoisotopic (exact) mass is 152 g/mol. The standard InChI is InChI=1S/C5H6ClFO2/c1-4(6)5(8)9-3-2-7/h1-3H2. The summed E-state index contributed by atoms with van der Waals surface area (Å²) in [5.74, 6) is -0.769. The maximum atomic E-state index is 11.3. The molecule has 0 aromatic heterocycles. The molecule has 9 heavy (non-hydrogen) atoms. The van der Waals surface area contributed by atoms with Crippen molar-refractivity contribution in [1.82, 2.24) is 0 Å². The number of carbonyl (C=O) groups excluding carboxylic acids is 1. The summed E-state index contributed by atoms with van der Waals surface area (Å²) >= 11 is 5.07. The fourth-order valence-corrected chi connectivity index (χ4v) is 0.264. The van der Waals surface area contributed by atoms with Crippen LogP contribution in [0.25, 0.3) is 0 Å². The van der Waals surface area contributed by atoms with Crippen molar-refractivity contribution in [3.8, 4) is 0 Å². The maximum absolute atomic E-state index is 11.3. The van der Waals surface area contributed by atoms with E-state index in [-0.39, 0.29) is 11.6 Å². The van der Waals surface area contributed by atoms with Gasteiger partial charge in [-0.25, -0.2) is 9.18 Å². The van der Waals surface area contributed by atoms with Crippen molar-refractivity contribution in [1.29, 1.82) is 0 Å². The first-order chi connectivity index (χ1) is 4.18. The highest BCUT2D eigenvalue weighted by molar-refractivity contribution is 6.40. The highest BCUT2D eigenvalue weighted by Gasteiger charge is 2.02. The minimum atomic E-state index is -0.769. The van der Waals surface area contributed by atoms with Crippen molar-refractivity contribution in [3.05, 3.63) is 11.6 Å². The molecule has 0 bridgehead atoms. The Morgan fingerprint density at radius 2 is 2.33 bits per heavy atom. The minimum Gasteiger partial charge on any atom is -0.459 e. The summed E-state index contributed by atoms with van der Waals surface area (Å²) in [6.45, 7) is 2.12. The molecule has 0 aromatic rings. The molecule has 0 saturated heterocycles. The van der Waals surface area contributed by atoms with E-state index >= 15 is 0 Å². The van der Waals surface area contributed by atoms with Crippen molar-refractivity contribution in [3.63, 3.8) is 0 Å². The van der Waals surface area contributed by atoms with E-state index in [1.807, 2.05) is 0 Å². The molecule has 2 nitrogen and oxygen atoms in total. The van der Waals surface area contributed by atoms with Gasteiger partial charge in [0, 0.05) is 0 Å². The zero-order valence-electron chi connectivity index (χ0n) is 4.69. The highest BCUT2D eigenvalue weighted by Crippen LogP contribution is 1.98. The van der Waals surface area contributed by atoms with Crippen molar-refractivity contribution < 1.29 is 13.9 Å². The minimum absolute atomic E-state index is 0.233. The summed E-state index contributed by atoms with van der Waals surface area (Å²) in [6.07, 6.45) is 0. The van der Waals surface area contributed by atoms with Crippen LogP contribution < -0.4 is 0 Å². The number of esters is 1. The number of hydrogen-bond acceptors (Lipinski definition) is 2. The van der Waals surface area contributed by atoms with Crippen molar-refractivity contribution in [2.24, 2.45) is 0 Å². The molecular formula is C5H6ClFO2. The Labute approximate surface area is 57.3 Å². The number of halogens is 2. The largest absolute Gasteiger partial charge is 0.459 e. The lowest BCUT2D eigenvalue weighted by Gasteiger charge is -1.96. The van der Waals surface area contributed by atoms with Crippen molar-refractivity contribution in [2.45, 2.75) is 0 Å². The third-order valence-electron chi connectivity index (χ3n) is 0.532. The predicted octanol–water partition coefficient (Wildman–Crippen LogP) is 1.25. The zero-order chi connectivity index (χ0) is 7.28. The topological polar surface area (TPSA) is 26.3 Å². The summed E-state index contributed by atoms with van der Waals surface area (Å²) in [6, 6.07) is 0. The van der Waals surface area contributed by atoms with Crippen molar-refractivity contribution >= 4 is 17.6 Å². The maximum Gasteiger partial charge on any atom is 0.349 e. The Bertz CT molecular complexity index is 124. The van der Waals surface area contributed by atoms with Gasteiger partial charge in [-0.15, -0.1) is 0 Å². The molecule has 0 amide bonds. The van der Waals surface area contributed by atoms with Gasteiger partial charge in [0.1, 0.15) is 18.3 Å². The number of hydrogen-bond donors (Lipinski definition) is 0. The molecule has 0 N–H and O–H groups in total. The smallest absolute Gasteiger partial charge is 0.349 e. The quantitative estimate of drug-likeness (QED) is 0.450. The Morgan fingerprint density at radius 1 is 1.78 bits per heavy atom. The van der Waals surface area contributed by atoms with Crippen LogP contribution in [0.3, 0.4) is 0 Å². The van der Waals surface area contributed by atoms with Gasteiger partial charge in [-0.05, 0) is 0 Å². The Hall–Kier alpha value is -0.570. The third-order valence-corrected chi connectivity index (χ3v) is 0.686. The molecule has 0 unspecified atom stereocenters. The molecular weight excluding hydrogens is 147 g/mol. The van der Waals surface area contributed by atoms with Gasteiger partial charge < -0.3 is 4.74 Å². The van der Waals surface area contributed by atoms with Gasteiger partial charge in [0.2, 0.25) is 0 Å². The fourth-order valence-electron chi connectivity index (χ4n) is 0.210. The van der Waals surface area contributed by atoms with Gasteiger partial charge in [0.25, 0.3) is 0 Å². The fraction of sp³-hybridized carbons (Fsp3) is 0.400. The second-order valence-corrected chi connectivity index (χ2v) is 1.69. The first-order valence-electron chi connectivity index (χ1n) is 2.26. The molecule has 0 spiro atoms. The molecule has 0 aliphatic rings. The first-order valence-corrected chi connectivity index (χ1v) is 2.63. The van der Waals surface area contributed by atoms with Gasteiger partial charge in [0.05, 0.1) is 0 Å². The summed E-state index contributed by atoms with van der Waals surface area (Å²) in [5, 5.41) is -0.233. The molecule has 0 heterocycles. The third kappa shape index (κ3) is 3.97. The van der Waals surface area contributed by atoms with Gasteiger partial charge in [0.15, 0.2) is 0 Å². The molecule has 0 saturated carbocycles. The molecule has 0 aromatic carbocycles. The number of rotatable bonds is 3. The number of alkyl halides is 1. The van der Waals surface area contributed by atoms with Crippen LogP contribution in [0.1, 0.15) is 0 Å². The second-order valence-electron chi connectivity index (χ2n) is 1.23. The SMILES string of the molecule is C=C(Cl)C(=O)OCCF. The summed E-state index contributed by atoms with van der Waals surface area (Å²) in [4.78, 5) is 10.3. The van der Waals surface area contributed by atoms with E-state index in [0.29, 0.717) is 0 Å². The lowest BCUT2D eigenvalue weighted by Crippen LogP contribution is -2.05. The lowest BCUT2D eigenvalue weighted by atomic mass is 10.6. The number of ether oxygens (including phenoxy) is 1. The second kappa shape index (κ2) is 4.32. The average molecular weight is 153 g/mol. The summed E-state index contributed by atoms with van der Waals surface area (Å²) < 4.78 is 15.5. The van der Waals surface area contributed by atoms with Crippen molar-refractivity contribution in [2.75, 3.05) is 13.3 Å². The predicted molar refractivity (Wildman–Crippen MR) is 31.9 cm³/mol. The van der Waals surface area contributed by atoms with E-state index < -0.39 is 12.6 Å². The van der Waals surface area contributed by atoms with Gasteiger partial charge >= 0.3 is 5.97 Å². The Balaban J connectivity index is 3.39. The van der Waals surface area contributed by atoms with E-state index in [4.69, 9.17) is 11.6 Å². The van der Waals surface area contributed by atoms with Gasteiger partial charge in [-0.1, -0.05) is 18.2 Å². The lowest BCUT2D eigenvalue weighted by molar-refractivity contribution is -0.138. The summed E-state index contributed by atoms with van der Waals surface area (Å²) in [5.41, 5.74) is 0. The van der Waals surface area contributed by atoms with Crippen LogP contribution in [0.2, 0.25) is 0 Å².